The van der Waals surface area contributed by atoms with Crippen LogP contribution in [0.3, 0.4) is 0 Å². The molecule has 0 fully saturated rings. The lowest BCUT2D eigenvalue weighted by atomic mass is 9.99. The molecule has 0 radical (unpaired) electrons. The molecule has 0 rings (SSSR count). The van der Waals surface area contributed by atoms with Gasteiger partial charge in [-0.2, -0.15) is 0 Å². The van der Waals surface area contributed by atoms with Crippen LogP contribution in [0.15, 0.2) is 0 Å². The maximum atomic E-state index is 12.9. The first-order valence-corrected chi connectivity index (χ1v) is 31.6. The maximum Gasteiger partial charge on any atom is 0.306 e. The van der Waals surface area contributed by atoms with E-state index in [4.69, 9.17) is 14.2 Å². The number of carbonyl (C=O) groups is 3. The molecule has 0 spiro atoms. The van der Waals surface area contributed by atoms with Crippen LogP contribution in [0.25, 0.3) is 0 Å². The van der Waals surface area contributed by atoms with Gasteiger partial charge in [-0.3, -0.25) is 14.4 Å². The molecule has 2 atom stereocenters. The minimum Gasteiger partial charge on any atom is -0.462 e. The van der Waals surface area contributed by atoms with Crippen molar-refractivity contribution in [3.63, 3.8) is 0 Å². The molecule has 0 aromatic carbocycles. The Hall–Kier alpha value is -1.59. The van der Waals surface area contributed by atoms with Crippen molar-refractivity contribution in [2.75, 3.05) is 13.2 Å². The summed E-state index contributed by atoms with van der Waals surface area (Å²) in [5.41, 5.74) is 0. The number of rotatable bonds is 57. The molecule has 0 aromatic rings. The van der Waals surface area contributed by atoms with Crippen molar-refractivity contribution in [2.45, 2.75) is 362 Å². The van der Waals surface area contributed by atoms with Gasteiger partial charge in [-0.15, -0.1) is 0 Å². The molecular formula is C64H124O6. The fourth-order valence-corrected chi connectivity index (χ4v) is 9.85. The molecule has 0 aliphatic carbocycles. The Morgan fingerprint density at radius 1 is 0.286 bits per heavy atom. The van der Waals surface area contributed by atoms with Crippen molar-refractivity contribution in [3.8, 4) is 0 Å². The van der Waals surface area contributed by atoms with E-state index in [0.29, 0.717) is 19.3 Å². The van der Waals surface area contributed by atoms with Crippen molar-refractivity contribution in [1.29, 1.82) is 0 Å². The zero-order chi connectivity index (χ0) is 51.2. The molecule has 0 heterocycles. The van der Waals surface area contributed by atoms with Gasteiger partial charge in [-0.05, 0) is 37.0 Å². The van der Waals surface area contributed by atoms with Crippen molar-refractivity contribution in [1.82, 2.24) is 0 Å². The molecule has 6 heteroatoms. The summed E-state index contributed by atoms with van der Waals surface area (Å²) in [6.07, 6.45) is 59.5. The average Bonchev–Trinajstić information content (AvgIpc) is 3.33. The van der Waals surface area contributed by atoms with E-state index in [-0.39, 0.29) is 31.1 Å². The van der Waals surface area contributed by atoms with E-state index >= 15 is 0 Å². The summed E-state index contributed by atoms with van der Waals surface area (Å²) in [7, 11) is 0. The molecule has 0 aliphatic rings. The Morgan fingerprint density at radius 3 is 0.743 bits per heavy atom. The second-order valence-electron chi connectivity index (χ2n) is 23.2. The molecule has 0 aliphatic heterocycles. The lowest BCUT2D eigenvalue weighted by Crippen LogP contribution is -2.30. The SMILES string of the molecule is CCC(C)CCCCCCCCCCCCCCCCC(=O)OC[C@H](COC(=O)CCCCCCCCCCCCCCCC(C)C)OC(=O)CCCCCCCCCCCCCCCCCC(C)C. The lowest BCUT2D eigenvalue weighted by Gasteiger charge is -2.18. The third-order valence-electron chi connectivity index (χ3n) is 15.0. The zero-order valence-electron chi connectivity index (χ0n) is 48.3. The highest BCUT2D eigenvalue weighted by Crippen LogP contribution is 2.19. The zero-order valence-corrected chi connectivity index (χ0v) is 48.3. The van der Waals surface area contributed by atoms with Crippen LogP contribution >= 0.6 is 0 Å². The molecule has 0 aromatic heterocycles. The monoisotopic (exact) mass is 989 g/mol. The highest BCUT2D eigenvalue weighted by atomic mass is 16.6. The Kier molecular flexibility index (Phi) is 53.9. The summed E-state index contributed by atoms with van der Waals surface area (Å²) in [5, 5.41) is 0. The van der Waals surface area contributed by atoms with Gasteiger partial charge >= 0.3 is 17.9 Å². The number of unbranched alkanes of at least 4 members (excludes halogenated alkanes) is 39. The van der Waals surface area contributed by atoms with E-state index in [2.05, 4.69) is 41.5 Å². The first-order chi connectivity index (χ1) is 34.1. The molecular weight excluding hydrogens is 865 g/mol. The molecule has 70 heavy (non-hydrogen) atoms. The Labute approximate surface area is 438 Å². The topological polar surface area (TPSA) is 78.9 Å². The number of hydrogen-bond donors (Lipinski definition) is 0. The highest BCUT2D eigenvalue weighted by molar-refractivity contribution is 5.71. The standard InChI is InChI=1S/C64H124O6/c1-7-60(6)52-46-40-34-28-22-16-11-12-17-23-29-35-41-47-53-62(65)68-56-61(57-69-63(66)54-48-42-36-30-24-19-13-15-21-27-33-39-45-51-59(4)5)70-64(67)55-49-43-37-31-25-18-10-8-9-14-20-26-32-38-44-50-58(2)3/h58-61H,7-57H2,1-6H3/t60?,61-/m1/s1. The van der Waals surface area contributed by atoms with Crippen molar-refractivity contribution in [2.24, 2.45) is 17.8 Å². The van der Waals surface area contributed by atoms with Crippen molar-refractivity contribution < 1.29 is 28.6 Å². The summed E-state index contributed by atoms with van der Waals surface area (Å²) >= 11 is 0. The van der Waals surface area contributed by atoms with Crippen LogP contribution in [0, 0.1) is 17.8 Å². The number of carbonyl (C=O) groups excluding carboxylic acids is 3. The van der Waals surface area contributed by atoms with Crippen molar-refractivity contribution >= 4 is 17.9 Å². The summed E-state index contributed by atoms with van der Waals surface area (Å²) in [6, 6.07) is 0. The van der Waals surface area contributed by atoms with Crippen LogP contribution in [0.4, 0.5) is 0 Å². The first-order valence-electron chi connectivity index (χ1n) is 31.6. The third kappa shape index (κ3) is 55.7. The highest BCUT2D eigenvalue weighted by Gasteiger charge is 2.19. The van der Waals surface area contributed by atoms with Gasteiger partial charge in [0, 0.05) is 19.3 Å². The van der Waals surface area contributed by atoms with Crippen LogP contribution in [-0.4, -0.2) is 37.2 Å². The minimum absolute atomic E-state index is 0.0627. The van der Waals surface area contributed by atoms with Gasteiger partial charge in [0.15, 0.2) is 6.10 Å². The van der Waals surface area contributed by atoms with Gasteiger partial charge in [0.25, 0.3) is 0 Å². The van der Waals surface area contributed by atoms with E-state index in [1.165, 1.54) is 238 Å². The van der Waals surface area contributed by atoms with Crippen LogP contribution in [-0.2, 0) is 28.6 Å². The smallest absolute Gasteiger partial charge is 0.306 e. The van der Waals surface area contributed by atoms with Crippen LogP contribution in [0.5, 0.6) is 0 Å². The second-order valence-corrected chi connectivity index (χ2v) is 23.2. The van der Waals surface area contributed by atoms with E-state index in [1.807, 2.05) is 0 Å². The molecule has 6 nitrogen and oxygen atoms in total. The second kappa shape index (κ2) is 55.2. The molecule has 0 saturated heterocycles. The van der Waals surface area contributed by atoms with Crippen LogP contribution < -0.4 is 0 Å². The Bertz CT molecular complexity index is 1090. The molecule has 1 unspecified atom stereocenters. The van der Waals surface area contributed by atoms with Gasteiger partial charge in [0.2, 0.25) is 0 Å². The summed E-state index contributed by atoms with van der Waals surface area (Å²) in [4.78, 5) is 38.3. The molecule has 0 saturated carbocycles. The van der Waals surface area contributed by atoms with Gasteiger partial charge in [-0.25, -0.2) is 0 Å². The Morgan fingerprint density at radius 2 is 0.500 bits per heavy atom. The number of esters is 3. The van der Waals surface area contributed by atoms with Gasteiger partial charge in [0.1, 0.15) is 13.2 Å². The first kappa shape index (κ1) is 68.4. The Balaban J connectivity index is 4.30. The van der Waals surface area contributed by atoms with E-state index in [9.17, 15) is 14.4 Å². The summed E-state index contributed by atoms with van der Waals surface area (Å²) < 4.78 is 17.0. The number of hydrogen-bond acceptors (Lipinski definition) is 6. The fourth-order valence-electron chi connectivity index (χ4n) is 9.85. The normalized spacial score (nSPS) is 12.5. The van der Waals surface area contributed by atoms with Crippen LogP contribution in [0.1, 0.15) is 356 Å². The van der Waals surface area contributed by atoms with E-state index in [0.717, 1.165) is 75.5 Å². The van der Waals surface area contributed by atoms with E-state index < -0.39 is 6.10 Å². The summed E-state index contributed by atoms with van der Waals surface area (Å²) in [6.45, 7) is 13.8. The quantitative estimate of drug-likeness (QED) is 0.0343. The molecule has 0 bridgehead atoms. The molecule has 0 N–H and O–H groups in total. The maximum absolute atomic E-state index is 12.9. The predicted molar refractivity (Wildman–Crippen MR) is 303 cm³/mol. The molecule has 416 valence electrons. The fraction of sp³-hybridized carbons (Fsp3) is 0.953. The minimum atomic E-state index is -0.764. The average molecular weight is 990 g/mol. The van der Waals surface area contributed by atoms with Gasteiger partial charge in [-0.1, -0.05) is 318 Å². The third-order valence-corrected chi connectivity index (χ3v) is 15.0. The number of ether oxygens (including phenoxy) is 3. The van der Waals surface area contributed by atoms with E-state index in [1.54, 1.807) is 0 Å². The van der Waals surface area contributed by atoms with Crippen LogP contribution in [0.2, 0.25) is 0 Å². The summed E-state index contributed by atoms with van der Waals surface area (Å²) in [5.74, 6) is 1.75. The van der Waals surface area contributed by atoms with Gasteiger partial charge in [0.05, 0.1) is 0 Å². The van der Waals surface area contributed by atoms with Gasteiger partial charge < -0.3 is 14.2 Å². The molecule has 0 amide bonds. The lowest BCUT2D eigenvalue weighted by molar-refractivity contribution is -0.167. The largest absolute Gasteiger partial charge is 0.462 e. The predicted octanol–water partition coefficient (Wildman–Crippen LogP) is 21.1. The van der Waals surface area contributed by atoms with Crippen molar-refractivity contribution in [3.05, 3.63) is 0 Å².